The van der Waals surface area contributed by atoms with Gasteiger partial charge < -0.3 is 10.1 Å². The average molecular weight is 412 g/mol. The highest BCUT2D eigenvalue weighted by molar-refractivity contribution is 7.10. The summed E-state index contributed by atoms with van der Waals surface area (Å²) in [4.78, 5) is 25.9. The maximum absolute atomic E-state index is 12.9. The Morgan fingerprint density at radius 3 is 2.66 bits per heavy atom. The summed E-state index contributed by atoms with van der Waals surface area (Å²) < 4.78 is 6.25. The first-order valence-electron chi connectivity index (χ1n) is 9.62. The molecule has 1 aromatic carbocycles. The van der Waals surface area contributed by atoms with Crippen LogP contribution < -0.4 is 10.9 Å². The van der Waals surface area contributed by atoms with Crippen molar-refractivity contribution in [2.24, 2.45) is 0 Å². The van der Waals surface area contributed by atoms with E-state index >= 15 is 0 Å². The third kappa shape index (κ3) is 5.40. The lowest BCUT2D eigenvalue weighted by molar-refractivity contribution is 0.0934. The second kappa shape index (κ2) is 10.1. The molecule has 0 aliphatic carbocycles. The van der Waals surface area contributed by atoms with Crippen LogP contribution in [-0.2, 0) is 17.7 Å². The SMILES string of the molecule is CCCc1ccc(C(NC(=O)c2ccc(=O)n(CCOC)n2)c2cccs2)cc1. The molecule has 0 aliphatic rings. The summed E-state index contributed by atoms with van der Waals surface area (Å²) in [6, 6.07) is 14.8. The van der Waals surface area contributed by atoms with Gasteiger partial charge >= 0.3 is 0 Å². The van der Waals surface area contributed by atoms with Gasteiger partial charge in [-0.15, -0.1) is 11.3 Å². The molecule has 0 saturated heterocycles. The van der Waals surface area contributed by atoms with Crippen molar-refractivity contribution in [2.75, 3.05) is 13.7 Å². The molecule has 0 bridgehead atoms. The van der Waals surface area contributed by atoms with Gasteiger partial charge in [-0.05, 0) is 35.1 Å². The summed E-state index contributed by atoms with van der Waals surface area (Å²) >= 11 is 1.59. The predicted molar refractivity (Wildman–Crippen MR) is 114 cm³/mol. The largest absolute Gasteiger partial charge is 0.383 e. The Labute approximate surface area is 174 Å². The number of amides is 1. The van der Waals surface area contributed by atoms with Crippen LogP contribution in [0.2, 0.25) is 0 Å². The number of rotatable bonds is 9. The van der Waals surface area contributed by atoms with Gasteiger partial charge in [0.15, 0.2) is 0 Å². The van der Waals surface area contributed by atoms with Crippen LogP contribution in [0.1, 0.15) is 45.9 Å². The first-order chi connectivity index (χ1) is 14.1. The molecule has 2 heterocycles. The molecule has 3 aromatic rings. The van der Waals surface area contributed by atoms with Gasteiger partial charge in [-0.2, -0.15) is 5.10 Å². The number of nitrogens with zero attached hydrogens (tertiary/aromatic N) is 2. The molecule has 1 unspecified atom stereocenters. The number of methoxy groups -OCH3 is 1. The van der Waals surface area contributed by atoms with Crippen LogP contribution >= 0.6 is 11.3 Å². The second-order valence-electron chi connectivity index (χ2n) is 6.69. The van der Waals surface area contributed by atoms with E-state index in [4.69, 9.17) is 4.74 Å². The molecule has 1 N–H and O–H groups in total. The third-order valence-electron chi connectivity index (χ3n) is 4.56. The molecule has 0 fully saturated rings. The first-order valence-corrected chi connectivity index (χ1v) is 10.5. The normalized spacial score (nSPS) is 11.9. The highest BCUT2D eigenvalue weighted by Gasteiger charge is 2.20. The third-order valence-corrected chi connectivity index (χ3v) is 5.50. The Hall–Kier alpha value is -2.77. The Bertz CT molecular complexity index is 981. The number of hydrogen-bond acceptors (Lipinski definition) is 5. The average Bonchev–Trinajstić information content (AvgIpc) is 3.27. The van der Waals surface area contributed by atoms with Crippen LogP contribution in [-0.4, -0.2) is 29.4 Å². The van der Waals surface area contributed by atoms with Crippen molar-refractivity contribution in [1.29, 1.82) is 0 Å². The number of aromatic nitrogens is 2. The molecule has 7 heteroatoms. The molecule has 152 valence electrons. The van der Waals surface area contributed by atoms with Crippen LogP contribution in [0, 0.1) is 0 Å². The highest BCUT2D eigenvalue weighted by Crippen LogP contribution is 2.26. The Balaban J connectivity index is 1.85. The molecule has 29 heavy (non-hydrogen) atoms. The van der Waals surface area contributed by atoms with Gasteiger partial charge in [-0.3, -0.25) is 9.59 Å². The van der Waals surface area contributed by atoms with Crippen molar-refractivity contribution in [3.63, 3.8) is 0 Å². The summed E-state index contributed by atoms with van der Waals surface area (Å²) in [6.07, 6.45) is 2.12. The molecular weight excluding hydrogens is 386 g/mol. The summed E-state index contributed by atoms with van der Waals surface area (Å²) in [5, 5.41) is 9.25. The minimum Gasteiger partial charge on any atom is -0.383 e. The van der Waals surface area contributed by atoms with Crippen molar-refractivity contribution >= 4 is 17.2 Å². The van der Waals surface area contributed by atoms with Crippen molar-refractivity contribution in [1.82, 2.24) is 15.1 Å². The summed E-state index contributed by atoms with van der Waals surface area (Å²) in [7, 11) is 1.55. The minimum atomic E-state index is -0.327. The smallest absolute Gasteiger partial charge is 0.272 e. The lowest BCUT2D eigenvalue weighted by atomic mass is 10.0. The monoisotopic (exact) mass is 411 g/mol. The molecule has 6 nitrogen and oxygen atoms in total. The molecule has 0 saturated carbocycles. The van der Waals surface area contributed by atoms with E-state index in [0.717, 1.165) is 23.3 Å². The van der Waals surface area contributed by atoms with Gasteiger partial charge in [-0.1, -0.05) is 43.7 Å². The fourth-order valence-corrected chi connectivity index (χ4v) is 3.86. The summed E-state index contributed by atoms with van der Waals surface area (Å²) in [5.41, 5.74) is 2.22. The van der Waals surface area contributed by atoms with E-state index in [9.17, 15) is 9.59 Å². The van der Waals surface area contributed by atoms with E-state index in [1.807, 2.05) is 17.5 Å². The predicted octanol–water partition coefficient (Wildman–Crippen LogP) is 3.42. The van der Waals surface area contributed by atoms with Crippen molar-refractivity contribution in [3.05, 3.63) is 86.0 Å². The topological polar surface area (TPSA) is 73.2 Å². The van der Waals surface area contributed by atoms with Gasteiger partial charge in [0.05, 0.1) is 19.2 Å². The maximum atomic E-state index is 12.9. The minimum absolute atomic E-state index is 0.199. The number of benzene rings is 1. The standard InChI is InChI=1S/C22H25N3O3S/c1-3-5-16-7-9-17(10-8-16)21(19-6-4-15-29-19)23-22(27)18-11-12-20(26)25(24-18)13-14-28-2/h4,6-12,15,21H,3,5,13-14H2,1-2H3,(H,23,27). The van der Waals surface area contributed by atoms with Crippen molar-refractivity contribution in [2.45, 2.75) is 32.4 Å². The number of nitrogens with one attached hydrogen (secondary N) is 1. The van der Waals surface area contributed by atoms with E-state index in [1.165, 1.54) is 22.4 Å². The fraction of sp³-hybridized carbons (Fsp3) is 0.318. The first kappa shape index (κ1) is 21.0. The number of aryl methyl sites for hydroxylation is 1. The zero-order chi connectivity index (χ0) is 20.6. The lowest BCUT2D eigenvalue weighted by Crippen LogP contribution is -2.32. The zero-order valence-corrected chi connectivity index (χ0v) is 17.4. The Morgan fingerprint density at radius 1 is 1.21 bits per heavy atom. The number of hydrogen-bond donors (Lipinski definition) is 1. The number of thiophene rings is 1. The van der Waals surface area contributed by atoms with Crippen molar-refractivity contribution < 1.29 is 9.53 Å². The van der Waals surface area contributed by atoms with E-state index in [1.54, 1.807) is 18.4 Å². The quantitative estimate of drug-likeness (QED) is 0.586. The van der Waals surface area contributed by atoms with E-state index < -0.39 is 0 Å². The number of ether oxygens (including phenoxy) is 1. The summed E-state index contributed by atoms with van der Waals surface area (Å²) in [6.45, 7) is 2.80. The fourth-order valence-electron chi connectivity index (χ4n) is 3.05. The van der Waals surface area contributed by atoms with Crippen LogP contribution in [0.15, 0.2) is 58.7 Å². The van der Waals surface area contributed by atoms with Crippen LogP contribution in [0.3, 0.4) is 0 Å². The summed E-state index contributed by atoms with van der Waals surface area (Å²) in [5.74, 6) is -0.327. The van der Waals surface area contributed by atoms with Gasteiger partial charge in [-0.25, -0.2) is 4.68 Å². The van der Waals surface area contributed by atoms with Crippen LogP contribution in [0.25, 0.3) is 0 Å². The van der Waals surface area contributed by atoms with Gasteiger partial charge in [0.1, 0.15) is 5.69 Å². The van der Waals surface area contributed by atoms with Gasteiger partial charge in [0.25, 0.3) is 11.5 Å². The molecule has 0 radical (unpaired) electrons. The number of carbonyl (C=O) groups is 1. The van der Waals surface area contributed by atoms with Crippen LogP contribution in [0.4, 0.5) is 0 Å². The molecule has 0 aliphatic heterocycles. The van der Waals surface area contributed by atoms with Gasteiger partial charge in [0.2, 0.25) is 0 Å². The molecular formula is C22H25N3O3S. The molecule has 0 spiro atoms. The van der Waals surface area contributed by atoms with E-state index in [2.05, 4.69) is 41.6 Å². The van der Waals surface area contributed by atoms with E-state index in [-0.39, 0.29) is 23.2 Å². The maximum Gasteiger partial charge on any atom is 0.272 e. The Kier molecular flexibility index (Phi) is 7.32. The Morgan fingerprint density at radius 2 is 2.00 bits per heavy atom. The molecule has 1 amide bonds. The highest BCUT2D eigenvalue weighted by atomic mass is 32.1. The van der Waals surface area contributed by atoms with Gasteiger partial charge in [0, 0.05) is 18.1 Å². The number of carbonyl (C=O) groups excluding carboxylic acids is 1. The van der Waals surface area contributed by atoms with E-state index in [0.29, 0.717) is 13.2 Å². The van der Waals surface area contributed by atoms with Crippen molar-refractivity contribution in [3.8, 4) is 0 Å². The lowest BCUT2D eigenvalue weighted by Gasteiger charge is -2.18. The molecule has 2 aromatic heterocycles. The second-order valence-corrected chi connectivity index (χ2v) is 7.67. The van der Waals surface area contributed by atoms with Crippen LogP contribution in [0.5, 0.6) is 0 Å². The zero-order valence-electron chi connectivity index (χ0n) is 16.6. The molecule has 1 atom stereocenters. The molecule has 3 rings (SSSR count).